The maximum absolute atomic E-state index is 11.5. The van der Waals surface area contributed by atoms with Gasteiger partial charge in [0.2, 0.25) is 0 Å². The molecule has 2 aliphatic rings. The summed E-state index contributed by atoms with van der Waals surface area (Å²) < 4.78 is 0. The SMILES string of the molecule is CCCCCCc1ccc(CCCCCC)c2c1-c1nc-2nc2[nH]c(nc3nc(nc4[nH]c(n1)c1c(CCCCCC)ccc(CCCCCC)c41)-c1c(CCCCCC)ccc(CCCCCC)c1-3)c1c(CCCCCC)c(C(=C(C#N)C#N)C(=C(C#N)C#N)c3ccc(N(C)C)cc3)cc(CCCCCC)c21. The molecule has 109 heavy (non-hydrogen) atoms. The molecule has 0 amide bonds. The molecular weight excluding hydrogens is 1340 g/mol. The first kappa shape index (κ1) is 82.2. The Morgan fingerprint density at radius 3 is 0.890 bits per heavy atom. The fourth-order valence-corrected chi connectivity index (χ4v) is 16.8. The van der Waals surface area contributed by atoms with Gasteiger partial charge in [0.15, 0.2) is 23.3 Å². The molecule has 5 aromatic carbocycles. The third-order valence-corrected chi connectivity index (χ3v) is 22.8. The number of aryl methyl sites for hydroxylation is 8. The zero-order valence-corrected chi connectivity index (χ0v) is 68.1. The summed E-state index contributed by atoms with van der Waals surface area (Å²) in [6.07, 6.45) is 40.7. The number of hydrogen-bond donors (Lipinski definition) is 2. The Kier molecular flexibility index (Phi) is 31.7. The predicted octanol–water partition coefficient (Wildman–Crippen LogP) is 26.2. The Labute approximate surface area is 652 Å². The molecular formula is C96H123N13. The molecule has 0 aliphatic carbocycles. The van der Waals surface area contributed by atoms with E-state index in [4.69, 9.17) is 29.9 Å². The van der Waals surface area contributed by atoms with Gasteiger partial charge in [0.1, 0.15) is 58.0 Å². The number of anilines is 1. The summed E-state index contributed by atoms with van der Waals surface area (Å²) in [6.45, 7) is 18.2. The van der Waals surface area contributed by atoms with Gasteiger partial charge in [-0.2, -0.15) is 21.0 Å². The molecule has 2 aliphatic heterocycles. The van der Waals surface area contributed by atoms with Crippen LogP contribution in [0.3, 0.4) is 0 Å². The van der Waals surface area contributed by atoms with E-state index in [1.807, 2.05) is 43.3 Å². The molecule has 0 spiro atoms. The minimum atomic E-state index is -0.191. The van der Waals surface area contributed by atoms with Crippen LogP contribution in [-0.2, 0) is 51.4 Å². The lowest BCUT2D eigenvalue weighted by atomic mass is 9.80. The van der Waals surface area contributed by atoms with Gasteiger partial charge in [-0.15, -0.1) is 0 Å². The van der Waals surface area contributed by atoms with Crippen LogP contribution in [0.4, 0.5) is 5.69 Å². The van der Waals surface area contributed by atoms with Crippen molar-refractivity contribution in [2.24, 2.45) is 0 Å². The van der Waals surface area contributed by atoms with Crippen LogP contribution in [0.5, 0.6) is 0 Å². The third kappa shape index (κ3) is 19.8. The van der Waals surface area contributed by atoms with E-state index in [9.17, 15) is 21.0 Å². The summed E-state index contributed by atoms with van der Waals surface area (Å²) in [7, 11) is 3.94. The normalized spacial score (nSPS) is 11.5. The molecule has 8 aromatic rings. The number of unbranched alkanes of at least 4 members (excludes halogenated alkanes) is 24. The minimum Gasteiger partial charge on any atom is -0.378 e. The number of benzene rings is 5. The predicted molar refractivity (Wildman–Crippen MR) is 456 cm³/mol. The van der Waals surface area contributed by atoms with Crippen molar-refractivity contribution < 1.29 is 0 Å². The highest BCUT2D eigenvalue weighted by atomic mass is 15.1. The maximum atomic E-state index is 11.5. The lowest BCUT2D eigenvalue weighted by Crippen LogP contribution is -2.08. The second-order valence-corrected chi connectivity index (χ2v) is 31.2. The standard InChI is InChI=1S/C96H123N13/c1-11-19-27-35-43-66-51-52-67(44-36-28-20-12-2)82-81(66)89-101-90(82)103-92-85-70(47-39-31-23-15-5)55-56-71(48-40-32-24-16-6)86(85)94(105-92)107-96-88-77(50-42-34-26-18-8)78(80(75(64-99)65-100)79(74(62-97)63-98)72-57-59-76(60-58-72)109(9)10)61-73(49-41-33-25-17-7)87(88)95(108-96)106-93-84-69(46-38-30-22-14-4)54-53-68(45-37-29-21-13-3)83(84)91(102-89)104-93/h51-61H,11-50H2,1-10H3,(H2,101,102,103,104,105,106,107,108). The van der Waals surface area contributed by atoms with Gasteiger partial charge in [-0.1, -0.05) is 264 Å². The molecule has 0 atom stereocenters. The third-order valence-electron chi connectivity index (χ3n) is 22.8. The van der Waals surface area contributed by atoms with Crippen LogP contribution in [-0.4, -0.2) is 54.0 Å². The van der Waals surface area contributed by atoms with Crippen LogP contribution >= 0.6 is 0 Å². The second kappa shape index (κ2) is 42.0. The van der Waals surface area contributed by atoms with Gasteiger partial charge in [-0.25, -0.2) is 29.9 Å². The molecule has 0 unspecified atom stereocenters. The van der Waals surface area contributed by atoms with Crippen LogP contribution in [0.15, 0.2) is 77.9 Å². The van der Waals surface area contributed by atoms with Gasteiger partial charge in [0.05, 0.1) is 0 Å². The number of H-pyrrole nitrogens is 2. The van der Waals surface area contributed by atoms with E-state index in [1.165, 1.54) is 46.2 Å². The Hall–Kier alpha value is -9.30. The fraction of sp³-hybridized carbons (Fsp3) is 0.521. The summed E-state index contributed by atoms with van der Waals surface area (Å²) >= 11 is 0. The van der Waals surface area contributed by atoms with Gasteiger partial charge >= 0.3 is 0 Å². The van der Waals surface area contributed by atoms with Crippen molar-refractivity contribution in [2.45, 2.75) is 312 Å². The van der Waals surface area contributed by atoms with Crippen LogP contribution in [0.2, 0.25) is 0 Å². The molecule has 0 fully saturated rings. The lowest BCUT2D eigenvalue weighted by Gasteiger charge is -2.21. The van der Waals surface area contributed by atoms with Crippen LogP contribution in [0.25, 0.3) is 101 Å². The number of nitriles is 4. The van der Waals surface area contributed by atoms with Crippen molar-refractivity contribution in [3.05, 3.63) is 134 Å². The van der Waals surface area contributed by atoms with Gasteiger partial charge in [0.25, 0.3) is 0 Å². The Balaban J connectivity index is 1.50. The molecule has 2 N–H and O–H groups in total. The minimum absolute atomic E-state index is 0.187. The van der Waals surface area contributed by atoms with E-state index in [2.05, 4.69) is 132 Å². The first-order chi connectivity index (χ1) is 53.5. The topological polar surface area (TPSA) is 207 Å². The quantitative estimate of drug-likeness (QED) is 0.0209. The molecule has 5 heterocycles. The van der Waals surface area contributed by atoms with Crippen LogP contribution in [0.1, 0.15) is 316 Å². The van der Waals surface area contributed by atoms with Crippen molar-refractivity contribution in [1.29, 1.82) is 21.0 Å². The smallest absolute Gasteiger partial charge is 0.165 e. The van der Waals surface area contributed by atoms with E-state index in [0.29, 0.717) is 58.6 Å². The highest BCUT2D eigenvalue weighted by Gasteiger charge is 2.33. The molecule has 0 saturated carbocycles. The number of fused-ring (bicyclic) bond motifs is 20. The second-order valence-electron chi connectivity index (χ2n) is 31.2. The summed E-state index contributed by atoms with van der Waals surface area (Å²) in [5.41, 5.74) is 18.2. The lowest BCUT2D eigenvalue weighted by molar-refractivity contribution is 0.664. The molecule has 0 radical (unpaired) electrons. The first-order valence-corrected chi connectivity index (χ1v) is 42.8. The van der Waals surface area contributed by atoms with Crippen molar-refractivity contribution in [2.75, 3.05) is 19.0 Å². The number of allylic oxidation sites excluding steroid dienone is 4. The largest absolute Gasteiger partial charge is 0.378 e. The average Bonchev–Trinajstić information content (AvgIpc) is 1.60. The van der Waals surface area contributed by atoms with Gasteiger partial charge in [-0.05, 0) is 171 Å². The van der Waals surface area contributed by atoms with Gasteiger partial charge in [0, 0.05) is 74.7 Å². The van der Waals surface area contributed by atoms with Crippen molar-refractivity contribution in [1.82, 2.24) is 39.9 Å². The van der Waals surface area contributed by atoms with E-state index in [1.54, 1.807) is 0 Å². The number of aromatic amines is 2. The van der Waals surface area contributed by atoms with E-state index >= 15 is 0 Å². The Morgan fingerprint density at radius 1 is 0.303 bits per heavy atom. The zero-order valence-electron chi connectivity index (χ0n) is 68.1. The Morgan fingerprint density at radius 2 is 0.578 bits per heavy atom. The zero-order chi connectivity index (χ0) is 77.0. The average molecular weight is 1460 g/mol. The van der Waals surface area contributed by atoms with Gasteiger partial charge in [-0.3, -0.25) is 0 Å². The maximum Gasteiger partial charge on any atom is 0.165 e. The molecule has 572 valence electrons. The molecule has 13 heteroatoms. The van der Waals surface area contributed by atoms with E-state index < -0.39 is 0 Å². The summed E-state index contributed by atoms with van der Waals surface area (Å²) in [4.78, 5) is 46.2. The number of rotatable bonds is 44. The molecule has 3 aromatic heterocycles. The molecule has 8 bridgehead atoms. The fourth-order valence-electron chi connectivity index (χ4n) is 16.8. The number of hydrogen-bond acceptors (Lipinski definition) is 11. The monoisotopic (exact) mass is 1460 g/mol. The van der Waals surface area contributed by atoms with Gasteiger partial charge < -0.3 is 14.9 Å². The first-order valence-electron chi connectivity index (χ1n) is 42.8. The summed E-state index contributed by atoms with van der Waals surface area (Å²) in [5.74, 6) is 2.47. The number of nitrogens with zero attached hydrogens (tertiary/aromatic N) is 11. The van der Waals surface area contributed by atoms with E-state index in [-0.39, 0.29) is 22.3 Å². The number of nitrogens with one attached hydrogen (secondary N) is 2. The van der Waals surface area contributed by atoms with Crippen molar-refractivity contribution in [3.63, 3.8) is 0 Å². The highest BCUT2D eigenvalue weighted by Crippen LogP contribution is 2.48. The molecule has 0 saturated heterocycles. The van der Waals surface area contributed by atoms with Crippen molar-refractivity contribution in [3.8, 4) is 69.8 Å². The number of aromatic nitrogens is 8. The Bertz CT molecular complexity index is 4780. The van der Waals surface area contributed by atoms with Crippen LogP contribution < -0.4 is 4.90 Å². The molecule has 13 nitrogen and oxygen atoms in total. The summed E-state index contributed by atoms with van der Waals surface area (Å²) in [6, 6.07) is 33.4. The van der Waals surface area contributed by atoms with Crippen molar-refractivity contribution >= 4 is 61.0 Å². The van der Waals surface area contributed by atoms with Crippen LogP contribution in [0, 0.1) is 45.3 Å². The highest BCUT2D eigenvalue weighted by molar-refractivity contribution is 6.17. The van der Waals surface area contributed by atoms with E-state index in [0.717, 1.165) is 303 Å². The summed E-state index contributed by atoms with van der Waals surface area (Å²) in [5, 5.41) is 49.5. The molecule has 10 rings (SSSR count).